The molecule has 1 fully saturated rings. The molecule has 28 heavy (non-hydrogen) atoms. The molecule has 1 N–H and O–H groups in total. The first-order chi connectivity index (χ1) is 13.2. The first kappa shape index (κ1) is 20.1. The van der Waals surface area contributed by atoms with E-state index in [1.165, 1.54) is 0 Å². The molecule has 0 heterocycles. The number of benzene rings is 2. The highest BCUT2D eigenvalue weighted by atomic mass is 32.2. The van der Waals surface area contributed by atoms with Crippen LogP contribution in [0.3, 0.4) is 0 Å². The molecule has 0 unspecified atom stereocenters. The van der Waals surface area contributed by atoms with Crippen LogP contribution in [0.1, 0.15) is 32.3 Å². The molecule has 1 saturated carbocycles. The van der Waals surface area contributed by atoms with E-state index in [4.69, 9.17) is 4.18 Å². The third kappa shape index (κ3) is 5.22. The van der Waals surface area contributed by atoms with Gasteiger partial charge in [-0.1, -0.05) is 12.1 Å². The highest BCUT2D eigenvalue weighted by molar-refractivity contribution is 7.87. The Balaban J connectivity index is 1.67. The van der Waals surface area contributed by atoms with Crippen LogP contribution in [0, 0.1) is 5.82 Å². The molecule has 8 heteroatoms. The Bertz CT molecular complexity index is 924. The lowest BCUT2D eigenvalue weighted by molar-refractivity contribution is 0.189. The van der Waals surface area contributed by atoms with Crippen LogP contribution in [0.5, 0.6) is 5.75 Å². The van der Waals surface area contributed by atoms with Gasteiger partial charge in [0.05, 0.1) is 0 Å². The molecule has 2 aromatic rings. The number of nitrogens with one attached hydrogen (secondary N) is 1. The summed E-state index contributed by atoms with van der Waals surface area (Å²) in [6, 6.07) is 11.2. The monoisotopic (exact) mass is 406 g/mol. The van der Waals surface area contributed by atoms with Crippen LogP contribution in [0.4, 0.5) is 9.18 Å². The maximum Gasteiger partial charge on any atom is 0.339 e. The van der Waals surface area contributed by atoms with Crippen molar-refractivity contribution in [1.29, 1.82) is 0 Å². The number of amides is 2. The van der Waals surface area contributed by atoms with Gasteiger partial charge >= 0.3 is 16.1 Å². The van der Waals surface area contributed by atoms with Crippen molar-refractivity contribution in [2.24, 2.45) is 0 Å². The molecule has 2 amide bonds. The van der Waals surface area contributed by atoms with Gasteiger partial charge < -0.3 is 14.4 Å². The number of nitrogens with zero attached hydrogens (tertiary/aromatic N) is 1. The molecule has 0 spiro atoms. The lowest BCUT2D eigenvalue weighted by atomic mass is 10.2. The van der Waals surface area contributed by atoms with Gasteiger partial charge in [-0.2, -0.15) is 8.42 Å². The van der Waals surface area contributed by atoms with E-state index in [-0.39, 0.29) is 28.8 Å². The Morgan fingerprint density at radius 1 is 1.14 bits per heavy atom. The van der Waals surface area contributed by atoms with E-state index >= 15 is 0 Å². The van der Waals surface area contributed by atoms with Crippen molar-refractivity contribution in [3.63, 3.8) is 0 Å². The van der Waals surface area contributed by atoms with Crippen molar-refractivity contribution >= 4 is 16.1 Å². The van der Waals surface area contributed by atoms with Crippen LogP contribution >= 0.6 is 0 Å². The van der Waals surface area contributed by atoms with Crippen LogP contribution in [-0.2, 0) is 16.7 Å². The largest absolute Gasteiger partial charge is 0.379 e. The zero-order valence-electron chi connectivity index (χ0n) is 15.8. The molecule has 3 rings (SSSR count). The summed E-state index contributed by atoms with van der Waals surface area (Å²) < 4.78 is 42.6. The number of hydrogen-bond acceptors (Lipinski definition) is 4. The van der Waals surface area contributed by atoms with Crippen molar-refractivity contribution in [2.75, 3.05) is 0 Å². The molecular formula is C20H23FN2O4S. The second-order valence-electron chi connectivity index (χ2n) is 7.10. The van der Waals surface area contributed by atoms with Crippen LogP contribution in [0.15, 0.2) is 53.4 Å². The molecule has 0 atom stereocenters. The number of rotatable bonds is 7. The summed E-state index contributed by atoms with van der Waals surface area (Å²) in [5, 5.41) is 2.91. The van der Waals surface area contributed by atoms with Gasteiger partial charge in [0.25, 0.3) is 0 Å². The Morgan fingerprint density at radius 3 is 2.29 bits per heavy atom. The topological polar surface area (TPSA) is 75.7 Å². The highest BCUT2D eigenvalue weighted by Gasteiger charge is 2.32. The quantitative estimate of drug-likeness (QED) is 0.712. The first-order valence-corrected chi connectivity index (χ1v) is 10.5. The third-order valence-electron chi connectivity index (χ3n) is 4.25. The minimum absolute atomic E-state index is 0.0567. The van der Waals surface area contributed by atoms with Crippen molar-refractivity contribution < 1.29 is 21.8 Å². The number of hydrogen-bond donors (Lipinski definition) is 1. The van der Waals surface area contributed by atoms with Crippen LogP contribution in [0.25, 0.3) is 0 Å². The standard InChI is InChI=1S/C20H23FN2O4S/c1-14(2)22-20(24)23(17-7-8-17)13-15-3-9-18(10-4-15)27-28(25,26)19-11-5-16(21)6-12-19/h3-6,9-12,14,17H,7-8,13H2,1-2H3,(H,22,24). The second kappa shape index (κ2) is 8.18. The summed E-state index contributed by atoms with van der Waals surface area (Å²) in [5.74, 6) is -0.372. The summed E-state index contributed by atoms with van der Waals surface area (Å²) in [7, 11) is -4.04. The van der Waals surface area contributed by atoms with E-state index in [9.17, 15) is 17.6 Å². The van der Waals surface area contributed by atoms with Crippen molar-refractivity contribution in [3.05, 3.63) is 59.9 Å². The maximum absolute atomic E-state index is 13.0. The van der Waals surface area contributed by atoms with E-state index < -0.39 is 15.9 Å². The molecule has 2 aromatic carbocycles. The summed E-state index contributed by atoms with van der Waals surface area (Å²) in [5.41, 5.74) is 0.873. The van der Waals surface area contributed by atoms with E-state index in [1.807, 2.05) is 13.8 Å². The van der Waals surface area contributed by atoms with Crippen molar-refractivity contribution in [2.45, 2.75) is 50.2 Å². The predicted molar refractivity (Wildman–Crippen MR) is 103 cm³/mol. The third-order valence-corrected chi connectivity index (χ3v) is 5.51. The fourth-order valence-corrected chi connectivity index (χ4v) is 3.64. The number of carbonyl (C=O) groups is 1. The lowest BCUT2D eigenvalue weighted by Crippen LogP contribution is -2.43. The summed E-state index contributed by atoms with van der Waals surface area (Å²) in [4.78, 5) is 14.0. The van der Waals surface area contributed by atoms with Crippen LogP contribution in [0.2, 0.25) is 0 Å². The average Bonchev–Trinajstić information content (AvgIpc) is 3.45. The molecule has 150 valence electrons. The molecule has 0 bridgehead atoms. The van der Waals surface area contributed by atoms with E-state index in [0.29, 0.717) is 6.54 Å². The van der Waals surface area contributed by atoms with Gasteiger partial charge in [0.15, 0.2) is 0 Å². The molecule has 6 nitrogen and oxygen atoms in total. The SMILES string of the molecule is CC(C)NC(=O)N(Cc1ccc(OS(=O)(=O)c2ccc(F)cc2)cc1)C1CC1. The molecule has 1 aliphatic rings. The Labute approximate surface area is 164 Å². The maximum atomic E-state index is 13.0. The van der Waals surface area contributed by atoms with Gasteiger partial charge in [0.2, 0.25) is 0 Å². The fraction of sp³-hybridized carbons (Fsp3) is 0.350. The normalized spacial score (nSPS) is 14.0. The average molecular weight is 406 g/mol. The summed E-state index contributed by atoms with van der Waals surface area (Å²) in [6.07, 6.45) is 1.98. The summed E-state index contributed by atoms with van der Waals surface area (Å²) in [6.45, 7) is 4.27. The minimum atomic E-state index is -4.04. The molecule has 0 aliphatic heterocycles. The fourth-order valence-electron chi connectivity index (χ4n) is 2.71. The molecule has 0 aromatic heterocycles. The van der Waals surface area contributed by atoms with Crippen LogP contribution in [-0.4, -0.2) is 31.4 Å². The van der Waals surface area contributed by atoms with Gasteiger partial charge in [0, 0.05) is 18.6 Å². The zero-order chi connectivity index (χ0) is 20.3. The van der Waals surface area contributed by atoms with E-state index in [1.54, 1.807) is 29.2 Å². The molecule has 1 aliphatic carbocycles. The highest BCUT2D eigenvalue weighted by Crippen LogP contribution is 2.29. The van der Waals surface area contributed by atoms with Crippen LogP contribution < -0.4 is 9.50 Å². The summed E-state index contributed by atoms with van der Waals surface area (Å²) >= 11 is 0. The Kier molecular flexibility index (Phi) is 5.88. The number of halogens is 1. The number of urea groups is 1. The van der Waals surface area contributed by atoms with Gasteiger partial charge in [-0.15, -0.1) is 0 Å². The van der Waals surface area contributed by atoms with E-state index in [0.717, 1.165) is 42.7 Å². The van der Waals surface area contributed by atoms with Crippen molar-refractivity contribution in [3.8, 4) is 5.75 Å². The van der Waals surface area contributed by atoms with Gasteiger partial charge in [0.1, 0.15) is 16.5 Å². The molecule has 0 radical (unpaired) electrons. The zero-order valence-corrected chi connectivity index (χ0v) is 16.6. The first-order valence-electron chi connectivity index (χ1n) is 9.11. The van der Waals surface area contributed by atoms with Gasteiger partial charge in [-0.3, -0.25) is 0 Å². The molecule has 0 saturated heterocycles. The second-order valence-corrected chi connectivity index (χ2v) is 8.64. The predicted octanol–water partition coefficient (Wildman–Crippen LogP) is 3.68. The molecular weight excluding hydrogens is 383 g/mol. The minimum Gasteiger partial charge on any atom is -0.379 e. The number of carbonyl (C=O) groups excluding carboxylic acids is 1. The van der Waals surface area contributed by atoms with Crippen molar-refractivity contribution in [1.82, 2.24) is 10.2 Å². The van der Waals surface area contributed by atoms with Gasteiger partial charge in [-0.25, -0.2) is 9.18 Å². The Hall–Kier alpha value is -2.61. The van der Waals surface area contributed by atoms with Gasteiger partial charge in [-0.05, 0) is 68.7 Å². The Morgan fingerprint density at radius 2 is 1.75 bits per heavy atom. The lowest BCUT2D eigenvalue weighted by Gasteiger charge is -2.24. The smallest absolute Gasteiger partial charge is 0.339 e. The van der Waals surface area contributed by atoms with E-state index in [2.05, 4.69) is 5.32 Å².